The molecule has 37 heavy (non-hydrogen) atoms. The zero-order chi connectivity index (χ0) is 25.9. The van der Waals surface area contributed by atoms with E-state index in [1.165, 1.54) is 25.6 Å². The number of likely N-dealkylation sites (tertiary alicyclic amines) is 1. The SMILES string of the molecule is CC(=O)c1cn(CC(=O)N2CCC[C@H]2C(=O)Nc2cncc(Cl)c2)c2ccc(Nc3cncnc3)cc12. The molecule has 1 saturated heterocycles. The number of rotatable bonds is 7. The van der Waals surface area contributed by atoms with E-state index in [2.05, 4.69) is 25.6 Å². The Hall–Kier alpha value is -4.31. The average Bonchev–Trinajstić information content (AvgIpc) is 3.50. The first-order valence-corrected chi connectivity index (χ1v) is 12.1. The molecular formula is C26H24ClN7O3. The fourth-order valence-electron chi connectivity index (χ4n) is 4.60. The van der Waals surface area contributed by atoms with Gasteiger partial charge in [-0.2, -0.15) is 0 Å². The minimum absolute atomic E-state index is 0.00554. The molecule has 1 atom stereocenters. The third kappa shape index (κ3) is 5.29. The van der Waals surface area contributed by atoms with Crippen LogP contribution in [0, 0.1) is 0 Å². The normalized spacial score (nSPS) is 15.1. The van der Waals surface area contributed by atoms with Gasteiger partial charge in [-0.05, 0) is 44.0 Å². The number of anilines is 3. The van der Waals surface area contributed by atoms with Gasteiger partial charge in [-0.1, -0.05) is 11.6 Å². The number of carbonyl (C=O) groups excluding carboxylic acids is 3. The largest absolute Gasteiger partial charge is 0.353 e. The van der Waals surface area contributed by atoms with Crippen molar-refractivity contribution in [1.82, 2.24) is 24.4 Å². The lowest BCUT2D eigenvalue weighted by Crippen LogP contribution is -2.44. The van der Waals surface area contributed by atoms with E-state index in [1.54, 1.807) is 34.1 Å². The van der Waals surface area contributed by atoms with E-state index >= 15 is 0 Å². The van der Waals surface area contributed by atoms with Gasteiger partial charge in [0, 0.05) is 41.1 Å². The molecule has 3 aromatic heterocycles. The smallest absolute Gasteiger partial charge is 0.247 e. The number of nitrogens with one attached hydrogen (secondary N) is 2. The van der Waals surface area contributed by atoms with E-state index in [1.807, 2.05) is 18.2 Å². The Kier molecular flexibility index (Phi) is 6.82. The van der Waals surface area contributed by atoms with Crippen molar-refractivity contribution in [3.63, 3.8) is 0 Å². The minimum atomic E-state index is -0.593. The molecule has 2 amide bonds. The molecule has 1 aromatic carbocycles. The van der Waals surface area contributed by atoms with Crippen LogP contribution in [0.15, 0.2) is 61.6 Å². The summed E-state index contributed by atoms with van der Waals surface area (Å²) in [6, 6.07) is 6.61. The average molecular weight is 518 g/mol. The molecule has 0 radical (unpaired) electrons. The van der Waals surface area contributed by atoms with Gasteiger partial charge < -0.3 is 20.1 Å². The van der Waals surface area contributed by atoms with Crippen LogP contribution in [0.4, 0.5) is 17.1 Å². The van der Waals surface area contributed by atoms with Gasteiger partial charge in [0.15, 0.2) is 5.78 Å². The predicted molar refractivity (Wildman–Crippen MR) is 140 cm³/mol. The molecule has 4 aromatic rings. The van der Waals surface area contributed by atoms with E-state index < -0.39 is 6.04 Å². The number of ketones is 1. The lowest BCUT2D eigenvalue weighted by molar-refractivity contribution is -0.137. The Morgan fingerprint density at radius 3 is 2.57 bits per heavy atom. The summed E-state index contributed by atoms with van der Waals surface area (Å²) in [6.45, 7) is 1.99. The van der Waals surface area contributed by atoms with Crippen molar-refractivity contribution in [3.8, 4) is 0 Å². The highest BCUT2D eigenvalue weighted by atomic mass is 35.5. The van der Waals surface area contributed by atoms with E-state index in [0.717, 1.165) is 23.0 Å². The number of nitrogens with zero attached hydrogens (tertiary/aromatic N) is 5. The summed E-state index contributed by atoms with van der Waals surface area (Å²) in [4.78, 5) is 52.3. The molecule has 5 rings (SSSR count). The first-order valence-electron chi connectivity index (χ1n) is 11.8. The molecule has 188 valence electrons. The molecular weight excluding hydrogens is 494 g/mol. The van der Waals surface area contributed by atoms with Gasteiger partial charge in [0.05, 0.1) is 35.0 Å². The van der Waals surface area contributed by atoms with E-state index in [9.17, 15) is 14.4 Å². The summed E-state index contributed by atoms with van der Waals surface area (Å²) in [5.41, 5.74) is 3.22. The predicted octanol–water partition coefficient (Wildman–Crippen LogP) is 4.06. The molecule has 1 aliphatic heterocycles. The first kappa shape index (κ1) is 24.4. The Bertz CT molecular complexity index is 1490. The van der Waals surface area contributed by atoms with Gasteiger partial charge in [0.25, 0.3) is 0 Å². The number of halogens is 1. The number of hydrogen-bond acceptors (Lipinski definition) is 7. The van der Waals surface area contributed by atoms with Gasteiger partial charge in [-0.3, -0.25) is 19.4 Å². The molecule has 0 spiro atoms. The van der Waals surface area contributed by atoms with Crippen molar-refractivity contribution >= 4 is 57.2 Å². The van der Waals surface area contributed by atoms with Crippen LogP contribution in [0.1, 0.15) is 30.1 Å². The maximum atomic E-state index is 13.3. The summed E-state index contributed by atoms with van der Waals surface area (Å²) in [5.74, 6) is -0.584. The number of pyridine rings is 1. The number of amides is 2. The van der Waals surface area contributed by atoms with Crippen molar-refractivity contribution < 1.29 is 14.4 Å². The van der Waals surface area contributed by atoms with Crippen LogP contribution in [-0.4, -0.2) is 54.6 Å². The number of Topliss-reactive ketones (excluding diaryl/α,β-unsaturated/α-hetero) is 1. The van der Waals surface area contributed by atoms with Crippen LogP contribution in [0.2, 0.25) is 5.02 Å². The fourth-order valence-corrected chi connectivity index (χ4v) is 4.77. The van der Waals surface area contributed by atoms with E-state index in [0.29, 0.717) is 34.9 Å². The first-order chi connectivity index (χ1) is 17.9. The summed E-state index contributed by atoms with van der Waals surface area (Å²) >= 11 is 5.96. The highest BCUT2D eigenvalue weighted by Crippen LogP contribution is 2.28. The third-order valence-corrected chi connectivity index (χ3v) is 6.47. The van der Waals surface area contributed by atoms with Crippen molar-refractivity contribution in [2.24, 2.45) is 0 Å². The monoisotopic (exact) mass is 517 g/mol. The van der Waals surface area contributed by atoms with Crippen LogP contribution in [0.5, 0.6) is 0 Å². The molecule has 1 fully saturated rings. The van der Waals surface area contributed by atoms with Gasteiger partial charge in [-0.25, -0.2) is 9.97 Å². The van der Waals surface area contributed by atoms with Crippen LogP contribution >= 0.6 is 11.6 Å². The maximum Gasteiger partial charge on any atom is 0.247 e. The Balaban J connectivity index is 1.36. The third-order valence-electron chi connectivity index (χ3n) is 6.26. The Morgan fingerprint density at radius 2 is 1.81 bits per heavy atom. The molecule has 10 nitrogen and oxygen atoms in total. The molecule has 1 aliphatic rings. The molecule has 0 bridgehead atoms. The second kappa shape index (κ2) is 10.4. The second-order valence-corrected chi connectivity index (χ2v) is 9.27. The van der Waals surface area contributed by atoms with Crippen molar-refractivity contribution in [3.05, 3.63) is 72.2 Å². The van der Waals surface area contributed by atoms with Crippen LogP contribution in [-0.2, 0) is 16.1 Å². The zero-order valence-electron chi connectivity index (χ0n) is 20.0. The minimum Gasteiger partial charge on any atom is -0.353 e. The summed E-state index contributed by atoms with van der Waals surface area (Å²) in [7, 11) is 0. The van der Waals surface area contributed by atoms with Gasteiger partial charge in [-0.15, -0.1) is 0 Å². The number of aromatic nitrogens is 4. The van der Waals surface area contributed by atoms with Gasteiger partial charge >= 0.3 is 0 Å². The molecule has 0 saturated carbocycles. The lowest BCUT2D eigenvalue weighted by Gasteiger charge is -2.24. The molecule has 4 heterocycles. The summed E-state index contributed by atoms with van der Waals surface area (Å²) in [6.07, 6.45) is 10.7. The van der Waals surface area contributed by atoms with Crippen LogP contribution in [0.3, 0.4) is 0 Å². The Morgan fingerprint density at radius 1 is 1.03 bits per heavy atom. The van der Waals surface area contributed by atoms with Crippen LogP contribution in [0.25, 0.3) is 10.9 Å². The van der Waals surface area contributed by atoms with E-state index in [-0.39, 0.29) is 24.1 Å². The van der Waals surface area contributed by atoms with Gasteiger partial charge in [0.1, 0.15) is 18.9 Å². The van der Waals surface area contributed by atoms with Gasteiger partial charge in [0.2, 0.25) is 11.8 Å². The molecule has 11 heteroatoms. The highest BCUT2D eigenvalue weighted by molar-refractivity contribution is 6.30. The topological polar surface area (TPSA) is 122 Å². The lowest BCUT2D eigenvalue weighted by atomic mass is 10.1. The zero-order valence-corrected chi connectivity index (χ0v) is 20.8. The summed E-state index contributed by atoms with van der Waals surface area (Å²) in [5, 5.41) is 7.16. The van der Waals surface area contributed by atoms with Crippen molar-refractivity contribution in [1.29, 1.82) is 0 Å². The molecule has 0 aliphatic carbocycles. The summed E-state index contributed by atoms with van der Waals surface area (Å²) < 4.78 is 1.76. The number of fused-ring (bicyclic) bond motifs is 1. The maximum absolute atomic E-state index is 13.3. The molecule has 2 N–H and O–H groups in total. The quantitative estimate of drug-likeness (QED) is 0.354. The van der Waals surface area contributed by atoms with Crippen molar-refractivity contribution in [2.75, 3.05) is 17.2 Å². The fraction of sp³-hybridized carbons (Fsp3) is 0.231. The Labute approximate surface area is 217 Å². The highest BCUT2D eigenvalue weighted by Gasteiger charge is 2.34. The number of benzene rings is 1. The standard InChI is InChI=1S/C26H24ClN7O3/c1-16(35)22-13-33(23-5-4-18(8-21(22)23)31-20-11-29-15-30-12-20)14-25(36)34-6-2-3-24(34)26(37)32-19-7-17(27)9-28-10-19/h4-5,7-13,15,24,31H,2-3,6,14H2,1H3,(H,32,37)/t24-/m0/s1. The van der Waals surface area contributed by atoms with Crippen LogP contribution < -0.4 is 10.6 Å². The number of carbonyl (C=O) groups is 3. The van der Waals surface area contributed by atoms with Crippen molar-refractivity contribution in [2.45, 2.75) is 32.4 Å². The second-order valence-electron chi connectivity index (χ2n) is 8.84. The number of hydrogen-bond donors (Lipinski definition) is 2. The van der Waals surface area contributed by atoms with E-state index in [4.69, 9.17) is 11.6 Å². The molecule has 0 unspecified atom stereocenters.